The third-order valence-corrected chi connectivity index (χ3v) is 6.92. The topological polar surface area (TPSA) is 77.5 Å². The summed E-state index contributed by atoms with van der Waals surface area (Å²) in [7, 11) is -2.59. The van der Waals surface area contributed by atoms with Gasteiger partial charge in [0.1, 0.15) is 11.0 Å². The van der Waals surface area contributed by atoms with Crippen molar-refractivity contribution >= 4 is 21.4 Å². The van der Waals surface area contributed by atoms with Gasteiger partial charge in [-0.25, -0.2) is 8.42 Å². The van der Waals surface area contributed by atoms with Crippen molar-refractivity contribution in [2.24, 2.45) is 0 Å². The molecule has 3 rings (SSSR count). The van der Waals surface area contributed by atoms with Gasteiger partial charge in [-0.2, -0.15) is 0 Å². The van der Waals surface area contributed by atoms with Crippen molar-refractivity contribution < 1.29 is 22.7 Å². The molecule has 3 aromatic carbocycles. The van der Waals surface area contributed by atoms with E-state index in [1.54, 1.807) is 54.6 Å². The van der Waals surface area contributed by atoms with Gasteiger partial charge >= 0.3 is 0 Å². The minimum absolute atomic E-state index is 0.0147. The fraction of sp³-hybridized carbons (Fsp3) is 0.167. The number of carbonyl (C=O) groups is 2. The van der Waals surface area contributed by atoms with E-state index in [0.29, 0.717) is 11.3 Å². The molecule has 0 saturated heterocycles. The summed E-state index contributed by atoms with van der Waals surface area (Å²) in [6.07, 6.45) is -0.439. The van der Waals surface area contributed by atoms with E-state index < -0.39 is 33.1 Å². The quantitative estimate of drug-likeness (QED) is 0.506. The minimum Gasteiger partial charge on any atom is -0.497 e. The molecule has 0 radical (unpaired) electrons. The SMILES string of the molecule is COc1ccc(C(=O)[C@@H](CC(=O)c2ccccc2)S(=O)(=O)c2ccc(C)cc2)cc1. The van der Waals surface area contributed by atoms with Crippen molar-refractivity contribution in [3.63, 3.8) is 0 Å². The number of hydrogen-bond donors (Lipinski definition) is 0. The molecule has 0 aliphatic carbocycles. The van der Waals surface area contributed by atoms with Crippen molar-refractivity contribution in [2.75, 3.05) is 7.11 Å². The maximum atomic E-state index is 13.4. The van der Waals surface area contributed by atoms with Gasteiger partial charge in [0.25, 0.3) is 0 Å². The predicted molar refractivity (Wildman–Crippen MR) is 115 cm³/mol. The molecule has 0 heterocycles. The summed E-state index contributed by atoms with van der Waals surface area (Å²) in [6.45, 7) is 1.84. The molecule has 5 nitrogen and oxygen atoms in total. The average molecular weight is 423 g/mol. The molecule has 0 unspecified atom stereocenters. The number of benzene rings is 3. The number of rotatable bonds is 8. The van der Waals surface area contributed by atoms with Crippen LogP contribution in [-0.2, 0) is 9.84 Å². The Morgan fingerprint density at radius 2 is 1.43 bits per heavy atom. The number of aryl methyl sites for hydroxylation is 1. The Balaban J connectivity index is 2.02. The van der Waals surface area contributed by atoms with Crippen LogP contribution in [0.15, 0.2) is 83.8 Å². The Labute approximate surface area is 176 Å². The van der Waals surface area contributed by atoms with Gasteiger partial charge < -0.3 is 4.74 Å². The van der Waals surface area contributed by atoms with E-state index in [1.807, 2.05) is 6.92 Å². The second-order valence-electron chi connectivity index (χ2n) is 6.93. The van der Waals surface area contributed by atoms with Crippen molar-refractivity contribution in [1.29, 1.82) is 0 Å². The second-order valence-corrected chi connectivity index (χ2v) is 9.06. The van der Waals surface area contributed by atoms with Crippen molar-refractivity contribution in [3.05, 3.63) is 95.6 Å². The van der Waals surface area contributed by atoms with Gasteiger partial charge in [0.2, 0.25) is 0 Å². The summed E-state index contributed by atoms with van der Waals surface area (Å²) < 4.78 is 31.8. The molecule has 0 aliphatic rings. The molecule has 0 fully saturated rings. The lowest BCUT2D eigenvalue weighted by atomic mass is 10.0. The molecule has 0 amide bonds. The average Bonchev–Trinajstić information content (AvgIpc) is 2.77. The van der Waals surface area contributed by atoms with Crippen molar-refractivity contribution in [1.82, 2.24) is 0 Å². The first-order chi connectivity index (χ1) is 14.3. The number of methoxy groups -OCH3 is 1. The molecule has 30 heavy (non-hydrogen) atoms. The zero-order valence-electron chi connectivity index (χ0n) is 16.7. The first-order valence-electron chi connectivity index (χ1n) is 9.40. The zero-order chi connectivity index (χ0) is 21.7. The van der Waals surface area contributed by atoms with Crippen LogP contribution in [0.5, 0.6) is 5.75 Å². The molecular weight excluding hydrogens is 400 g/mol. The van der Waals surface area contributed by atoms with Gasteiger partial charge in [-0.15, -0.1) is 0 Å². The van der Waals surface area contributed by atoms with Gasteiger partial charge in [-0.3, -0.25) is 9.59 Å². The maximum Gasteiger partial charge on any atom is 0.189 e. The third kappa shape index (κ3) is 4.66. The minimum atomic E-state index is -4.09. The Hall–Kier alpha value is -3.25. The van der Waals surface area contributed by atoms with Gasteiger partial charge in [0.05, 0.1) is 12.0 Å². The summed E-state index contributed by atoms with van der Waals surface area (Å²) in [5.41, 5.74) is 1.47. The van der Waals surface area contributed by atoms with Crippen molar-refractivity contribution in [2.45, 2.75) is 23.5 Å². The number of carbonyl (C=O) groups excluding carboxylic acids is 2. The summed E-state index contributed by atoms with van der Waals surface area (Å²) in [4.78, 5) is 26.0. The zero-order valence-corrected chi connectivity index (χ0v) is 17.6. The van der Waals surface area contributed by atoms with E-state index in [0.717, 1.165) is 5.56 Å². The van der Waals surface area contributed by atoms with Gasteiger partial charge in [0.15, 0.2) is 21.4 Å². The molecule has 0 aliphatic heterocycles. The van der Waals surface area contributed by atoms with E-state index >= 15 is 0 Å². The number of ether oxygens (including phenoxy) is 1. The fourth-order valence-corrected chi connectivity index (χ4v) is 4.72. The summed E-state index contributed by atoms with van der Waals surface area (Å²) in [5.74, 6) is -0.481. The molecular formula is C24H22O5S. The van der Waals surface area contributed by atoms with Crippen LogP contribution in [0, 0.1) is 6.92 Å². The van der Waals surface area contributed by atoms with Crippen LogP contribution < -0.4 is 4.74 Å². The fourth-order valence-electron chi connectivity index (χ4n) is 3.09. The Morgan fingerprint density at radius 3 is 2.00 bits per heavy atom. The summed E-state index contributed by atoms with van der Waals surface area (Å²) in [6, 6.07) is 20.8. The van der Waals surface area contributed by atoms with Gasteiger partial charge in [-0.05, 0) is 43.3 Å². The van der Waals surface area contributed by atoms with E-state index in [1.165, 1.54) is 31.4 Å². The molecule has 3 aromatic rings. The third-order valence-electron chi connectivity index (χ3n) is 4.86. The van der Waals surface area contributed by atoms with Crippen LogP contribution in [0.3, 0.4) is 0 Å². The molecule has 0 N–H and O–H groups in total. The maximum absolute atomic E-state index is 13.4. The number of ketones is 2. The highest BCUT2D eigenvalue weighted by Gasteiger charge is 2.36. The summed E-state index contributed by atoms with van der Waals surface area (Å²) >= 11 is 0. The lowest BCUT2D eigenvalue weighted by Crippen LogP contribution is -2.33. The number of sulfone groups is 1. The lowest BCUT2D eigenvalue weighted by Gasteiger charge is -2.17. The molecule has 6 heteroatoms. The predicted octanol–water partition coefficient (Wildman–Crippen LogP) is 4.30. The Kier molecular flexibility index (Phi) is 6.47. The standard InChI is InChI=1S/C24H22O5S/c1-17-8-14-21(15-9-17)30(27,28)23(16-22(25)18-6-4-3-5-7-18)24(26)19-10-12-20(29-2)13-11-19/h3-15,23H,16H2,1-2H3/t23-/m1/s1. The second kappa shape index (κ2) is 9.05. The van der Waals surface area contributed by atoms with Crippen LogP contribution in [-0.4, -0.2) is 32.3 Å². The van der Waals surface area contributed by atoms with Crippen LogP contribution in [0.25, 0.3) is 0 Å². The van der Waals surface area contributed by atoms with Crippen LogP contribution in [0.2, 0.25) is 0 Å². The van der Waals surface area contributed by atoms with E-state index in [-0.39, 0.29) is 10.5 Å². The lowest BCUT2D eigenvalue weighted by molar-refractivity contribution is 0.0920. The Morgan fingerprint density at radius 1 is 0.833 bits per heavy atom. The first kappa shape index (κ1) is 21.5. The van der Waals surface area contributed by atoms with Gasteiger partial charge in [-0.1, -0.05) is 48.0 Å². The van der Waals surface area contributed by atoms with Gasteiger partial charge in [0, 0.05) is 17.5 Å². The molecule has 154 valence electrons. The first-order valence-corrected chi connectivity index (χ1v) is 10.9. The Bertz CT molecular complexity index is 1130. The highest BCUT2D eigenvalue weighted by atomic mass is 32.2. The normalized spacial score (nSPS) is 12.2. The van der Waals surface area contributed by atoms with E-state index in [9.17, 15) is 18.0 Å². The largest absolute Gasteiger partial charge is 0.497 e. The molecule has 0 spiro atoms. The molecule has 0 saturated carbocycles. The number of hydrogen-bond acceptors (Lipinski definition) is 5. The molecule has 1 atom stereocenters. The van der Waals surface area contributed by atoms with E-state index in [4.69, 9.17) is 4.74 Å². The smallest absolute Gasteiger partial charge is 0.189 e. The number of Topliss-reactive ketones (excluding diaryl/α,β-unsaturated/α-hetero) is 2. The monoisotopic (exact) mass is 422 g/mol. The highest BCUT2D eigenvalue weighted by molar-refractivity contribution is 7.92. The van der Waals surface area contributed by atoms with Crippen LogP contribution >= 0.6 is 0 Å². The molecule has 0 bridgehead atoms. The molecule has 0 aromatic heterocycles. The van der Waals surface area contributed by atoms with E-state index in [2.05, 4.69) is 0 Å². The van der Waals surface area contributed by atoms with Crippen LogP contribution in [0.4, 0.5) is 0 Å². The van der Waals surface area contributed by atoms with Crippen molar-refractivity contribution in [3.8, 4) is 5.75 Å². The summed E-state index contributed by atoms with van der Waals surface area (Å²) in [5, 5.41) is -1.53. The van der Waals surface area contributed by atoms with Crippen LogP contribution in [0.1, 0.15) is 32.7 Å². The highest BCUT2D eigenvalue weighted by Crippen LogP contribution is 2.25.